The largest absolute Gasteiger partial charge is 0.511 e. The molecule has 0 fully saturated rings. The fraction of sp³-hybridized carbons (Fsp3) is 0.129. The highest BCUT2D eigenvalue weighted by atomic mass is 16.7. The van der Waals surface area contributed by atoms with Crippen LogP contribution in [0.2, 0.25) is 0 Å². The van der Waals surface area contributed by atoms with Crippen LogP contribution in [0.15, 0.2) is 77.9 Å². The van der Waals surface area contributed by atoms with E-state index < -0.39 is 6.16 Å². The number of carbonyl (C=O) groups is 2. The molecule has 5 rings (SSSR count). The molecule has 0 bridgehead atoms. The second kappa shape index (κ2) is 9.98. The normalized spacial score (nSPS) is 13.5. The third-order valence-electron chi connectivity index (χ3n) is 7.01. The van der Waals surface area contributed by atoms with Crippen LogP contribution in [0.1, 0.15) is 27.8 Å². The van der Waals surface area contributed by atoms with Crippen LogP contribution in [0.25, 0.3) is 11.1 Å². The van der Waals surface area contributed by atoms with E-state index >= 15 is 0 Å². The van der Waals surface area contributed by atoms with Gasteiger partial charge in [0.2, 0.25) is 0 Å². The van der Waals surface area contributed by atoms with Gasteiger partial charge in [0.1, 0.15) is 11.5 Å². The SMILES string of the molecule is Cc1ccc(N2C(=O)C(=NNc3cccc(-c4cccc(OC(=O)O)c4)c3O)c3ccc(C)c(C)c32)cc1C. The van der Waals surface area contributed by atoms with E-state index in [1.54, 1.807) is 35.2 Å². The molecule has 196 valence electrons. The van der Waals surface area contributed by atoms with E-state index in [1.165, 1.54) is 12.1 Å². The number of phenolic OH excluding ortho intramolecular Hbond substituents is 1. The first-order chi connectivity index (χ1) is 18.7. The highest BCUT2D eigenvalue weighted by Gasteiger charge is 2.37. The van der Waals surface area contributed by atoms with Crippen LogP contribution in [0.3, 0.4) is 0 Å². The Balaban J connectivity index is 1.53. The van der Waals surface area contributed by atoms with Crippen LogP contribution in [-0.4, -0.2) is 28.0 Å². The summed E-state index contributed by atoms with van der Waals surface area (Å²) in [6, 6.07) is 21.2. The van der Waals surface area contributed by atoms with Gasteiger partial charge in [-0.05, 0) is 85.8 Å². The van der Waals surface area contributed by atoms with Gasteiger partial charge in [0.15, 0.2) is 5.71 Å². The monoisotopic (exact) mass is 521 g/mol. The molecule has 4 aromatic carbocycles. The summed E-state index contributed by atoms with van der Waals surface area (Å²) in [5.41, 5.74) is 10.9. The van der Waals surface area contributed by atoms with Crippen LogP contribution in [0, 0.1) is 27.7 Å². The van der Waals surface area contributed by atoms with Crippen LogP contribution in [-0.2, 0) is 4.79 Å². The molecular weight excluding hydrogens is 494 g/mol. The Bertz CT molecular complexity index is 1680. The average Bonchev–Trinajstić information content (AvgIpc) is 3.18. The van der Waals surface area contributed by atoms with Crippen molar-refractivity contribution in [1.29, 1.82) is 0 Å². The van der Waals surface area contributed by atoms with Crippen LogP contribution >= 0.6 is 0 Å². The Labute approximate surface area is 225 Å². The molecule has 0 radical (unpaired) electrons. The maximum atomic E-state index is 13.8. The lowest BCUT2D eigenvalue weighted by molar-refractivity contribution is -0.111. The number of phenols is 1. The molecule has 8 heteroatoms. The smallest absolute Gasteiger partial charge is 0.505 e. The predicted octanol–water partition coefficient (Wildman–Crippen LogP) is 6.84. The molecule has 3 N–H and O–H groups in total. The number of nitrogens with one attached hydrogen (secondary N) is 1. The lowest BCUT2D eigenvalue weighted by Crippen LogP contribution is -2.26. The average molecular weight is 522 g/mol. The van der Waals surface area contributed by atoms with Gasteiger partial charge in [0.25, 0.3) is 5.91 Å². The Morgan fingerprint density at radius 3 is 2.36 bits per heavy atom. The number of fused-ring (bicyclic) bond motifs is 1. The van der Waals surface area contributed by atoms with Crippen molar-refractivity contribution in [2.24, 2.45) is 5.10 Å². The van der Waals surface area contributed by atoms with Crippen molar-refractivity contribution >= 4 is 34.8 Å². The zero-order valence-electron chi connectivity index (χ0n) is 21.9. The Kier molecular flexibility index (Phi) is 6.54. The third kappa shape index (κ3) is 4.68. The van der Waals surface area contributed by atoms with Crippen LogP contribution in [0.5, 0.6) is 11.5 Å². The van der Waals surface area contributed by atoms with E-state index in [1.807, 2.05) is 58.0 Å². The van der Waals surface area contributed by atoms with Crippen molar-refractivity contribution in [3.8, 4) is 22.6 Å². The van der Waals surface area contributed by atoms with Gasteiger partial charge in [-0.1, -0.05) is 42.5 Å². The Hall–Kier alpha value is -5.11. The van der Waals surface area contributed by atoms with Gasteiger partial charge in [-0.3, -0.25) is 15.1 Å². The van der Waals surface area contributed by atoms with Crippen LogP contribution < -0.4 is 15.1 Å². The molecule has 1 aliphatic rings. The summed E-state index contributed by atoms with van der Waals surface area (Å²) >= 11 is 0. The number of amides is 1. The van der Waals surface area contributed by atoms with Crippen molar-refractivity contribution in [1.82, 2.24) is 0 Å². The fourth-order valence-corrected chi connectivity index (χ4v) is 4.63. The van der Waals surface area contributed by atoms with Crippen molar-refractivity contribution in [3.05, 3.63) is 101 Å². The molecule has 0 unspecified atom stereocenters. The van der Waals surface area contributed by atoms with Gasteiger partial charge in [0, 0.05) is 16.8 Å². The molecule has 1 aliphatic heterocycles. The first-order valence-electron chi connectivity index (χ1n) is 12.3. The van der Waals surface area contributed by atoms with Gasteiger partial charge in [-0.25, -0.2) is 4.79 Å². The molecular formula is C31H27N3O5. The number of ether oxygens (including phenoxy) is 1. The van der Waals surface area contributed by atoms with E-state index in [9.17, 15) is 14.7 Å². The molecule has 0 spiro atoms. The zero-order valence-corrected chi connectivity index (χ0v) is 21.9. The number of para-hydroxylation sites is 1. The maximum absolute atomic E-state index is 13.8. The van der Waals surface area contributed by atoms with Crippen molar-refractivity contribution in [2.75, 3.05) is 10.3 Å². The van der Waals surface area contributed by atoms with Gasteiger partial charge in [0.05, 0.1) is 11.4 Å². The van der Waals surface area contributed by atoms with E-state index in [-0.39, 0.29) is 28.8 Å². The maximum Gasteiger partial charge on any atom is 0.511 e. The second-order valence-corrected chi connectivity index (χ2v) is 9.48. The number of hydrogen-bond acceptors (Lipinski definition) is 6. The highest BCUT2D eigenvalue weighted by molar-refractivity contribution is 6.56. The van der Waals surface area contributed by atoms with Gasteiger partial charge < -0.3 is 14.9 Å². The summed E-state index contributed by atoms with van der Waals surface area (Å²) in [4.78, 5) is 26.4. The standard InChI is InChI=1S/C31H27N3O5/c1-17-11-13-22(15-19(17)3)34-28-20(4)18(2)12-14-25(28)27(30(34)36)33-32-26-10-6-9-24(29(26)35)21-7-5-8-23(16-21)39-31(37)38/h5-16,32,35H,1-4H3,(H,37,38). The summed E-state index contributed by atoms with van der Waals surface area (Å²) in [7, 11) is 0. The molecule has 0 atom stereocenters. The number of benzene rings is 4. The lowest BCUT2D eigenvalue weighted by atomic mass is 10.0. The number of anilines is 3. The van der Waals surface area contributed by atoms with Crippen molar-refractivity contribution < 1.29 is 24.5 Å². The number of carboxylic acid groups (broad SMARTS) is 1. The first-order valence-corrected chi connectivity index (χ1v) is 12.3. The summed E-state index contributed by atoms with van der Waals surface area (Å²) in [5, 5.41) is 24.4. The first kappa shape index (κ1) is 25.5. The molecule has 8 nitrogen and oxygen atoms in total. The molecule has 0 saturated heterocycles. The third-order valence-corrected chi connectivity index (χ3v) is 7.01. The summed E-state index contributed by atoms with van der Waals surface area (Å²) in [5.74, 6) is -0.252. The van der Waals surface area contributed by atoms with Crippen molar-refractivity contribution in [3.63, 3.8) is 0 Å². The molecule has 1 heterocycles. The number of rotatable bonds is 5. The molecule has 4 aromatic rings. The van der Waals surface area contributed by atoms with Gasteiger partial charge in [-0.2, -0.15) is 5.10 Å². The topological polar surface area (TPSA) is 111 Å². The van der Waals surface area contributed by atoms with Gasteiger partial charge in [-0.15, -0.1) is 0 Å². The van der Waals surface area contributed by atoms with Crippen LogP contribution in [0.4, 0.5) is 21.9 Å². The quantitative estimate of drug-likeness (QED) is 0.115. The summed E-state index contributed by atoms with van der Waals surface area (Å²) in [6.07, 6.45) is -1.43. The second-order valence-electron chi connectivity index (χ2n) is 9.48. The minimum absolute atomic E-state index is 0.105. The van der Waals surface area contributed by atoms with E-state index in [0.717, 1.165) is 33.6 Å². The number of hydrogen-bond donors (Lipinski definition) is 3. The number of aryl methyl sites for hydroxylation is 3. The molecule has 0 saturated carbocycles. The summed E-state index contributed by atoms with van der Waals surface area (Å²) < 4.78 is 4.74. The molecule has 0 aromatic heterocycles. The Morgan fingerprint density at radius 1 is 0.872 bits per heavy atom. The number of hydrazone groups is 1. The lowest BCUT2D eigenvalue weighted by Gasteiger charge is -2.20. The highest BCUT2D eigenvalue weighted by Crippen LogP contribution is 2.41. The number of nitrogens with zero attached hydrogens (tertiary/aromatic N) is 2. The van der Waals surface area contributed by atoms with E-state index in [4.69, 9.17) is 9.84 Å². The minimum atomic E-state index is -1.43. The van der Waals surface area contributed by atoms with Gasteiger partial charge >= 0.3 is 6.16 Å². The minimum Gasteiger partial charge on any atom is -0.505 e. The summed E-state index contributed by atoms with van der Waals surface area (Å²) in [6.45, 7) is 8.04. The van der Waals surface area contributed by atoms with E-state index in [0.29, 0.717) is 16.7 Å². The van der Waals surface area contributed by atoms with E-state index in [2.05, 4.69) is 10.5 Å². The van der Waals surface area contributed by atoms with Crippen molar-refractivity contribution in [2.45, 2.75) is 27.7 Å². The predicted molar refractivity (Wildman–Crippen MR) is 151 cm³/mol. The molecule has 39 heavy (non-hydrogen) atoms. The molecule has 0 aliphatic carbocycles. The molecule has 1 amide bonds. The fourth-order valence-electron chi connectivity index (χ4n) is 4.63. The number of carbonyl (C=O) groups excluding carboxylic acids is 1. The Morgan fingerprint density at radius 2 is 1.62 bits per heavy atom. The number of aromatic hydroxyl groups is 1. The zero-order chi connectivity index (χ0) is 27.8.